The average Bonchev–Trinajstić information content (AvgIpc) is 2.20. The fraction of sp³-hybridized carbons (Fsp3) is 0.833. The van der Waals surface area contributed by atoms with Gasteiger partial charge in [0, 0.05) is 31.3 Å². The molecule has 0 saturated carbocycles. The summed E-state index contributed by atoms with van der Waals surface area (Å²) in [7, 11) is 3.84. The molecular weight excluding hydrogens is 218 g/mol. The Hall–Kier alpha value is -0.940. The number of Topliss-reactive ketones (excluding diaryl/α,β-unsaturated/α-hetero) is 1. The Labute approximate surface area is 104 Å². The van der Waals surface area contributed by atoms with Gasteiger partial charge in [0.1, 0.15) is 5.78 Å². The second kappa shape index (κ2) is 6.71. The van der Waals surface area contributed by atoms with E-state index in [-0.39, 0.29) is 29.9 Å². The minimum Gasteiger partial charge on any atom is -0.308 e. The standard InChI is InChI=1S/C12H25N3O2/c1-12(2,3)10(16)6-7-11(17)15(13)9-8-14(4)5/h6-9,13H2,1-5H3. The predicted octanol–water partition coefficient (Wildman–Crippen LogP) is 0.646. The van der Waals surface area contributed by atoms with E-state index in [1.165, 1.54) is 5.01 Å². The first kappa shape index (κ1) is 16.1. The molecule has 0 aromatic heterocycles. The van der Waals surface area contributed by atoms with Crippen LogP contribution in [0.5, 0.6) is 0 Å². The Morgan fingerprint density at radius 1 is 1.06 bits per heavy atom. The second-order valence-electron chi connectivity index (χ2n) is 5.56. The number of carbonyl (C=O) groups is 2. The van der Waals surface area contributed by atoms with E-state index < -0.39 is 0 Å². The van der Waals surface area contributed by atoms with Crippen LogP contribution in [0.4, 0.5) is 0 Å². The Morgan fingerprint density at radius 3 is 2.00 bits per heavy atom. The molecule has 0 fully saturated rings. The van der Waals surface area contributed by atoms with Gasteiger partial charge in [0.25, 0.3) is 0 Å². The Kier molecular flexibility index (Phi) is 6.34. The highest BCUT2D eigenvalue weighted by Gasteiger charge is 2.22. The van der Waals surface area contributed by atoms with Crippen LogP contribution >= 0.6 is 0 Å². The van der Waals surface area contributed by atoms with Gasteiger partial charge in [0.15, 0.2) is 0 Å². The number of hydrogen-bond donors (Lipinski definition) is 1. The van der Waals surface area contributed by atoms with Gasteiger partial charge in [-0.15, -0.1) is 0 Å². The first-order valence-electron chi connectivity index (χ1n) is 5.87. The maximum absolute atomic E-state index is 11.6. The van der Waals surface area contributed by atoms with Crippen molar-refractivity contribution in [3.63, 3.8) is 0 Å². The maximum Gasteiger partial charge on any atom is 0.236 e. The first-order chi connectivity index (χ1) is 7.64. The van der Waals surface area contributed by atoms with Crippen LogP contribution in [0.2, 0.25) is 0 Å². The molecule has 1 amide bonds. The van der Waals surface area contributed by atoms with Crippen LogP contribution in [0.25, 0.3) is 0 Å². The number of carbonyl (C=O) groups excluding carboxylic acids is 2. The minimum atomic E-state index is -0.386. The van der Waals surface area contributed by atoms with Crippen LogP contribution in [-0.4, -0.2) is 48.8 Å². The highest BCUT2D eigenvalue weighted by atomic mass is 16.2. The van der Waals surface area contributed by atoms with E-state index in [2.05, 4.69) is 0 Å². The van der Waals surface area contributed by atoms with Gasteiger partial charge in [-0.3, -0.25) is 14.6 Å². The van der Waals surface area contributed by atoms with Crippen molar-refractivity contribution in [1.29, 1.82) is 0 Å². The molecule has 0 atom stereocenters. The summed E-state index contributed by atoms with van der Waals surface area (Å²) in [5.41, 5.74) is -0.386. The van der Waals surface area contributed by atoms with Gasteiger partial charge >= 0.3 is 0 Å². The van der Waals surface area contributed by atoms with Gasteiger partial charge in [-0.1, -0.05) is 20.8 Å². The molecule has 0 spiro atoms. The minimum absolute atomic E-state index is 0.0897. The van der Waals surface area contributed by atoms with Crippen LogP contribution in [0.1, 0.15) is 33.6 Å². The summed E-state index contributed by atoms with van der Waals surface area (Å²) in [6, 6.07) is 0. The Bertz CT molecular complexity index is 269. The lowest BCUT2D eigenvalue weighted by atomic mass is 9.88. The highest BCUT2D eigenvalue weighted by molar-refractivity contribution is 5.87. The molecule has 17 heavy (non-hydrogen) atoms. The van der Waals surface area contributed by atoms with Crippen LogP contribution in [0.3, 0.4) is 0 Å². The van der Waals surface area contributed by atoms with Crippen molar-refractivity contribution in [3.8, 4) is 0 Å². The molecule has 0 aromatic carbocycles. The molecule has 5 nitrogen and oxygen atoms in total. The van der Waals surface area contributed by atoms with Gasteiger partial charge in [0.2, 0.25) is 5.91 Å². The molecule has 0 saturated heterocycles. The van der Waals surface area contributed by atoms with E-state index in [1.807, 2.05) is 39.8 Å². The third-order valence-corrected chi connectivity index (χ3v) is 2.51. The van der Waals surface area contributed by atoms with Gasteiger partial charge in [-0.25, -0.2) is 5.84 Å². The van der Waals surface area contributed by atoms with Gasteiger partial charge < -0.3 is 4.90 Å². The lowest BCUT2D eigenvalue weighted by molar-refractivity contribution is -0.135. The number of hydrogen-bond acceptors (Lipinski definition) is 4. The summed E-state index contributed by atoms with van der Waals surface area (Å²) < 4.78 is 0. The number of nitrogens with two attached hydrogens (primary N) is 1. The van der Waals surface area contributed by atoms with Crippen molar-refractivity contribution < 1.29 is 9.59 Å². The maximum atomic E-state index is 11.6. The van der Waals surface area contributed by atoms with Crippen LogP contribution < -0.4 is 5.84 Å². The highest BCUT2D eigenvalue weighted by Crippen LogP contribution is 2.17. The third kappa shape index (κ3) is 7.07. The Balaban J connectivity index is 3.98. The smallest absolute Gasteiger partial charge is 0.236 e. The van der Waals surface area contributed by atoms with E-state index in [0.29, 0.717) is 6.54 Å². The second-order valence-corrected chi connectivity index (χ2v) is 5.56. The molecule has 0 aliphatic carbocycles. The van der Waals surface area contributed by atoms with E-state index in [1.54, 1.807) is 0 Å². The number of likely N-dealkylation sites (N-methyl/N-ethyl adjacent to an activating group) is 1. The van der Waals surface area contributed by atoms with Gasteiger partial charge in [-0.05, 0) is 14.1 Å². The first-order valence-corrected chi connectivity index (χ1v) is 5.87. The number of rotatable bonds is 6. The van der Waals surface area contributed by atoms with E-state index in [0.717, 1.165) is 6.54 Å². The van der Waals surface area contributed by atoms with Crippen molar-refractivity contribution in [2.24, 2.45) is 11.3 Å². The molecule has 0 bridgehead atoms. The molecule has 0 rings (SSSR count). The average molecular weight is 243 g/mol. The zero-order chi connectivity index (χ0) is 13.6. The van der Waals surface area contributed by atoms with Crippen molar-refractivity contribution in [3.05, 3.63) is 0 Å². The van der Waals surface area contributed by atoms with E-state index >= 15 is 0 Å². The number of ketones is 1. The molecule has 0 aliphatic rings. The summed E-state index contributed by atoms with van der Waals surface area (Å²) in [6.07, 6.45) is 0.456. The summed E-state index contributed by atoms with van der Waals surface area (Å²) in [4.78, 5) is 25.2. The molecule has 0 radical (unpaired) electrons. The fourth-order valence-electron chi connectivity index (χ4n) is 1.17. The number of nitrogens with zero attached hydrogens (tertiary/aromatic N) is 2. The molecule has 0 unspecified atom stereocenters. The van der Waals surface area contributed by atoms with Crippen LogP contribution in [-0.2, 0) is 9.59 Å². The third-order valence-electron chi connectivity index (χ3n) is 2.51. The molecule has 2 N–H and O–H groups in total. The zero-order valence-electron chi connectivity index (χ0n) is 11.6. The van der Waals surface area contributed by atoms with E-state index in [4.69, 9.17) is 5.84 Å². The molecule has 5 heteroatoms. The lowest BCUT2D eigenvalue weighted by Gasteiger charge is -2.20. The molecule has 0 heterocycles. The SMILES string of the molecule is CN(C)CCN(N)C(=O)CCC(=O)C(C)(C)C. The normalized spacial score (nSPS) is 11.7. The summed E-state index contributed by atoms with van der Waals surface area (Å²) >= 11 is 0. The summed E-state index contributed by atoms with van der Waals surface area (Å²) in [5.74, 6) is 5.52. The lowest BCUT2D eigenvalue weighted by Crippen LogP contribution is -2.42. The zero-order valence-corrected chi connectivity index (χ0v) is 11.6. The molecule has 0 aromatic rings. The van der Waals surface area contributed by atoms with Crippen LogP contribution in [0, 0.1) is 5.41 Å². The largest absolute Gasteiger partial charge is 0.308 e. The van der Waals surface area contributed by atoms with Crippen molar-refractivity contribution >= 4 is 11.7 Å². The summed E-state index contributed by atoms with van der Waals surface area (Å²) in [5, 5.41) is 1.19. The topological polar surface area (TPSA) is 66.6 Å². The Morgan fingerprint density at radius 2 is 1.59 bits per heavy atom. The van der Waals surface area contributed by atoms with E-state index in [9.17, 15) is 9.59 Å². The molecule has 100 valence electrons. The quantitative estimate of drug-likeness (QED) is 0.422. The molecular formula is C12H25N3O2. The molecule has 0 aliphatic heterocycles. The van der Waals surface area contributed by atoms with Crippen molar-refractivity contribution in [2.45, 2.75) is 33.6 Å². The monoisotopic (exact) mass is 243 g/mol. The number of hydrazine groups is 1. The predicted molar refractivity (Wildman–Crippen MR) is 68.2 cm³/mol. The van der Waals surface area contributed by atoms with Gasteiger partial charge in [0.05, 0.1) is 0 Å². The van der Waals surface area contributed by atoms with Gasteiger partial charge in [-0.2, -0.15) is 0 Å². The van der Waals surface area contributed by atoms with Crippen molar-refractivity contribution in [2.75, 3.05) is 27.2 Å². The van der Waals surface area contributed by atoms with Crippen LogP contribution in [0.15, 0.2) is 0 Å². The summed E-state index contributed by atoms with van der Waals surface area (Å²) in [6.45, 7) is 6.76. The van der Waals surface area contributed by atoms with Crippen molar-refractivity contribution in [1.82, 2.24) is 9.91 Å². The number of amides is 1. The fourth-order valence-corrected chi connectivity index (χ4v) is 1.17.